The van der Waals surface area contributed by atoms with Gasteiger partial charge < -0.3 is 0 Å². The maximum Gasteiger partial charge on any atom is 0.106 e. The highest BCUT2D eigenvalue weighted by molar-refractivity contribution is 9.10. The first-order chi connectivity index (χ1) is 9.24. The second kappa shape index (κ2) is 3.74. The lowest BCUT2D eigenvalue weighted by molar-refractivity contribution is 0.969. The average molecular weight is 313 g/mol. The third-order valence-electron chi connectivity index (χ3n) is 3.25. The Balaban J connectivity index is 2.42. The van der Waals surface area contributed by atoms with Gasteiger partial charge >= 0.3 is 0 Å². The van der Waals surface area contributed by atoms with Crippen molar-refractivity contribution in [2.24, 2.45) is 0 Å². The molecule has 0 aliphatic rings. The summed E-state index contributed by atoms with van der Waals surface area (Å²) in [5, 5.41) is 6.77. The van der Waals surface area contributed by atoms with Crippen molar-refractivity contribution >= 4 is 43.3 Å². The number of hydrogen-bond donors (Lipinski definition) is 0. The molecule has 92 valence electrons. The zero-order valence-corrected chi connectivity index (χ0v) is 11.7. The largest absolute Gasteiger partial charge is 0.262 e. The third kappa shape index (κ3) is 1.48. The molecule has 4 rings (SSSR count). The van der Waals surface area contributed by atoms with Gasteiger partial charge in [0.05, 0.1) is 28.4 Å². The van der Waals surface area contributed by atoms with Crippen LogP contribution < -0.4 is 0 Å². The van der Waals surface area contributed by atoms with Gasteiger partial charge in [0.2, 0.25) is 0 Å². The van der Waals surface area contributed by atoms with Crippen LogP contribution in [0.25, 0.3) is 27.3 Å². The minimum Gasteiger partial charge on any atom is -0.262 e. The van der Waals surface area contributed by atoms with Crippen molar-refractivity contribution in [1.82, 2.24) is 19.6 Å². The fourth-order valence-electron chi connectivity index (χ4n) is 2.48. The molecule has 0 amide bonds. The summed E-state index contributed by atoms with van der Waals surface area (Å²) in [7, 11) is 0. The molecular weight excluding hydrogens is 304 g/mol. The highest BCUT2D eigenvalue weighted by Gasteiger charge is 2.11. The highest BCUT2D eigenvalue weighted by Crippen LogP contribution is 2.29. The summed E-state index contributed by atoms with van der Waals surface area (Å²) in [6.07, 6.45) is 3.64. The van der Waals surface area contributed by atoms with Crippen LogP contribution in [0.4, 0.5) is 0 Å². The minimum atomic E-state index is 0.828. The Labute approximate surface area is 117 Å². The van der Waals surface area contributed by atoms with Crippen LogP contribution in [-0.2, 0) is 0 Å². The topological polar surface area (TPSA) is 43.1 Å². The van der Waals surface area contributed by atoms with E-state index in [0.717, 1.165) is 37.6 Å². The molecule has 19 heavy (non-hydrogen) atoms. The summed E-state index contributed by atoms with van der Waals surface area (Å²) in [6.45, 7) is 1.99. The van der Waals surface area contributed by atoms with E-state index in [1.165, 1.54) is 0 Å². The van der Waals surface area contributed by atoms with Crippen LogP contribution in [0.1, 0.15) is 5.69 Å². The van der Waals surface area contributed by atoms with Gasteiger partial charge in [0, 0.05) is 17.0 Å². The number of pyridine rings is 3. The van der Waals surface area contributed by atoms with Gasteiger partial charge in [-0.15, -0.1) is 0 Å². The van der Waals surface area contributed by atoms with E-state index in [-0.39, 0.29) is 0 Å². The normalized spacial score (nSPS) is 11.7. The molecule has 0 saturated heterocycles. The molecule has 0 bridgehead atoms. The summed E-state index contributed by atoms with van der Waals surface area (Å²) < 4.78 is 2.74. The van der Waals surface area contributed by atoms with Crippen LogP contribution in [0.3, 0.4) is 0 Å². The molecule has 0 aliphatic heterocycles. The maximum atomic E-state index is 4.60. The second-order valence-corrected chi connectivity index (χ2v) is 5.32. The molecule has 0 aromatic carbocycles. The number of hydrogen-bond acceptors (Lipinski definition) is 3. The van der Waals surface area contributed by atoms with Gasteiger partial charge in [0.1, 0.15) is 4.60 Å². The van der Waals surface area contributed by atoms with Gasteiger partial charge in [-0.25, -0.2) is 9.50 Å². The number of aromatic nitrogens is 4. The predicted octanol–water partition coefficient (Wildman–Crippen LogP) is 3.50. The molecule has 0 fully saturated rings. The molecule has 0 saturated carbocycles. The summed E-state index contributed by atoms with van der Waals surface area (Å²) in [5.41, 5.74) is 3.93. The van der Waals surface area contributed by atoms with Crippen LogP contribution in [0.15, 0.2) is 41.3 Å². The van der Waals surface area contributed by atoms with Crippen LogP contribution >= 0.6 is 15.9 Å². The van der Waals surface area contributed by atoms with Crippen molar-refractivity contribution in [3.63, 3.8) is 0 Å². The lowest BCUT2D eigenvalue weighted by Gasteiger charge is -2.06. The van der Waals surface area contributed by atoms with Gasteiger partial charge in [0.25, 0.3) is 0 Å². The Morgan fingerprint density at radius 2 is 2.00 bits per heavy atom. The predicted molar refractivity (Wildman–Crippen MR) is 78.2 cm³/mol. The molecule has 4 aromatic rings. The lowest BCUT2D eigenvalue weighted by Crippen LogP contribution is -1.94. The maximum absolute atomic E-state index is 4.60. The SMILES string of the molecule is Cc1cc2c3nc(Br)ccc3c3ccncc3n2n1. The second-order valence-electron chi connectivity index (χ2n) is 4.51. The van der Waals surface area contributed by atoms with E-state index >= 15 is 0 Å². The lowest BCUT2D eigenvalue weighted by atomic mass is 10.1. The summed E-state index contributed by atoms with van der Waals surface area (Å²) in [4.78, 5) is 8.81. The van der Waals surface area contributed by atoms with Gasteiger partial charge in [-0.1, -0.05) is 0 Å². The zero-order chi connectivity index (χ0) is 13.0. The van der Waals surface area contributed by atoms with Crippen LogP contribution in [0.2, 0.25) is 0 Å². The molecule has 0 N–H and O–H groups in total. The van der Waals surface area contributed by atoms with Crippen molar-refractivity contribution in [3.05, 3.63) is 47.0 Å². The number of nitrogens with zero attached hydrogens (tertiary/aromatic N) is 4. The van der Waals surface area contributed by atoms with E-state index in [1.807, 2.05) is 35.8 Å². The van der Waals surface area contributed by atoms with Gasteiger partial charge in [-0.2, -0.15) is 5.10 Å². The van der Waals surface area contributed by atoms with Crippen molar-refractivity contribution in [1.29, 1.82) is 0 Å². The monoisotopic (exact) mass is 312 g/mol. The third-order valence-corrected chi connectivity index (χ3v) is 3.70. The molecule has 0 unspecified atom stereocenters. The highest BCUT2D eigenvalue weighted by atomic mass is 79.9. The quantitative estimate of drug-likeness (QED) is 0.369. The van der Waals surface area contributed by atoms with Crippen LogP contribution in [0.5, 0.6) is 0 Å². The molecule has 4 nitrogen and oxygen atoms in total. The molecule has 4 heterocycles. The first-order valence-electron chi connectivity index (χ1n) is 5.92. The Morgan fingerprint density at radius 3 is 2.89 bits per heavy atom. The first kappa shape index (κ1) is 10.9. The molecule has 0 spiro atoms. The summed E-state index contributed by atoms with van der Waals surface area (Å²) in [5.74, 6) is 0. The minimum absolute atomic E-state index is 0.828. The van der Waals surface area contributed by atoms with Gasteiger partial charge in [-0.3, -0.25) is 4.98 Å². The van der Waals surface area contributed by atoms with Crippen molar-refractivity contribution < 1.29 is 0 Å². The molecular formula is C14H9BrN4. The summed E-state index contributed by atoms with van der Waals surface area (Å²) >= 11 is 3.44. The van der Waals surface area contributed by atoms with Crippen molar-refractivity contribution in [3.8, 4) is 0 Å². The standard InChI is InChI=1S/C14H9BrN4/c1-8-6-11-14-10(2-3-13(15)17-14)9-4-5-16-7-12(9)19(11)18-8/h2-7H,1H3. The molecule has 0 atom stereocenters. The van der Waals surface area contributed by atoms with Gasteiger partial charge in [-0.05, 0) is 47.1 Å². The summed E-state index contributed by atoms with van der Waals surface area (Å²) in [6, 6.07) is 8.09. The van der Waals surface area contributed by atoms with Crippen molar-refractivity contribution in [2.75, 3.05) is 0 Å². The number of aryl methyl sites for hydroxylation is 1. The van der Waals surface area contributed by atoms with E-state index in [2.05, 4.69) is 37.1 Å². The number of halogens is 1. The molecule has 0 aliphatic carbocycles. The molecule has 4 aromatic heterocycles. The van der Waals surface area contributed by atoms with E-state index in [4.69, 9.17) is 0 Å². The zero-order valence-electron chi connectivity index (χ0n) is 10.1. The van der Waals surface area contributed by atoms with Crippen LogP contribution in [0, 0.1) is 6.92 Å². The van der Waals surface area contributed by atoms with E-state index < -0.39 is 0 Å². The fraction of sp³-hybridized carbons (Fsp3) is 0.0714. The first-order valence-corrected chi connectivity index (χ1v) is 6.72. The average Bonchev–Trinajstić information content (AvgIpc) is 2.81. The van der Waals surface area contributed by atoms with E-state index in [1.54, 1.807) is 6.20 Å². The Bertz CT molecular complexity index is 942. The fourth-order valence-corrected chi connectivity index (χ4v) is 2.79. The number of fused-ring (bicyclic) bond motifs is 6. The van der Waals surface area contributed by atoms with Crippen molar-refractivity contribution in [2.45, 2.75) is 6.92 Å². The Hall–Kier alpha value is -2.01. The molecule has 5 heteroatoms. The van der Waals surface area contributed by atoms with E-state index in [9.17, 15) is 0 Å². The van der Waals surface area contributed by atoms with E-state index in [0.29, 0.717) is 0 Å². The van der Waals surface area contributed by atoms with Gasteiger partial charge in [0.15, 0.2) is 0 Å². The Kier molecular flexibility index (Phi) is 2.14. The Morgan fingerprint density at radius 1 is 1.11 bits per heavy atom. The smallest absolute Gasteiger partial charge is 0.106 e. The number of rotatable bonds is 0. The van der Waals surface area contributed by atoms with Crippen LogP contribution in [-0.4, -0.2) is 19.6 Å². The molecule has 0 radical (unpaired) electrons.